The normalized spacial score (nSPS) is 22.2. The van der Waals surface area contributed by atoms with Crippen molar-refractivity contribution in [1.29, 1.82) is 0 Å². The molecule has 3 heterocycles. The number of aryl methyl sites for hydroxylation is 2. The molecular weight excluding hydrogens is 404 g/mol. The monoisotopic (exact) mass is 438 g/mol. The second kappa shape index (κ2) is 10.7. The summed E-state index contributed by atoms with van der Waals surface area (Å²) in [5, 5.41) is 4.22. The van der Waals surface area contributed by atoms with Gasteiger partial charge in [-0.3, -0.25) is 14.3 Å². The van der Waals surface area contributed by atoms with Crippen LogP contribution in [0.5, 0.6) is 5.75 Å². The number of benzene rings is 1. The molecule has 2 aromatic rings. The Balaban J connectivity index is 1.45. The molecular formula is C25H34N4O3. The lowest BCUT2D eigenvalue weighted by Crippen LogP contribution is -2.58. The molecule has 7 nitrogen and oxygen atoms in total. The van der Waals surface area contributed by atoms with Crippen molar-refractivity contribution in [3.05, 3.63) is 48.3 Å². The summed E-state index contributed by atoms with van der Waals surface area (Å²) in [5.41, 5.74) is 1.15. The predicted octanol–water partition coefficient (Wildman–Crippen LogP) is 3.29. The number of likely N-dealkylation sites (tertiary alicyclic amines) is 1. The number of carbonyl (C=O) groups is 2. The zero-order valence-electron chi connectivity index (χ0n) is 19.0. The third kappa shape index (κ3) is 5.31. The number of nitrogens with zero attached hydrogens (tertiary/aromatic N) is 4. The molecule has 1 saturated heterocycles. The number of piperidine rings is 1. The quantitative estimate of drug-likeness (QED) is 0.735. The molecule has 2 atom stereocenters. The highest BCUT2D eigenvalue weighted by Crippen LogP contribution is 2.29. The van der Waals surface area contributed by atoms with Crippen molar-refractivity contribution < 1.29 is 14.3 Å². The van der Waals surface area contributed by atoms with E-state index in [1.807, 2.05) is 47.1 Å². The Morgan fingerprint density at radius 1 is 1.12 bits per heavy atom. The number of aromatic nitrogens is 2. The highest BCUT2D eigenvalue weighted by Gasteiger charge is 2.37. The first kappa shape index (κ1) is 22.4. The summed E-state index contributed by atoms with van der Waals surface area (Å²) >= 11 is 0. The Bertz CT molecular complexity index is 898. The van der Waals surface area contributed by atoms with Gasteiger partial charge in [0, 0.05) is 39.0 Å². The van der Waals surface area contributed by atoms with E-state index in [0.29, 0.717) is 6.42 Å². The van der Waals surface area contributed by atoms with Crippen LogP contribution in [0.15, 0.2) is 42.7 Å². The summed E-state index contributed by atoms with van der Waals surface area (Å²) in [6, 6.07) is 10.0. The van der Waals surface area contributed by atoms with Crippen LogP contribution in [0, 0.1) is 0 Å². The van der Waals surface area contributed by atoms with Gasteiger partial charge in [-0.15, -0.1) is 0 Å². The maximum atomic E-state index is 13.2. The van der Waals surface area contributed by atoms with Crippen LogP contribution in [-0.4, -0.2) is 63.7 Å². The number of hydrogen-bond acceptors (Lipinski definition) is 4. The van der Waals surface area contributed by atoms with E-state index >= 15 is 0 Å². The van der Waals surface area contributed by atoms with Gasteiger partial charge >= 0.3 is 0 Å². The fraction of sp³-hybridized carbons (Fsp3) is 0.560. The zero-order valence-corrected chi connectivity index (χ0v) is 19.0. The minimum atomic E-state index is -0.0247. The van der Waals surface area contributed by atoms with Gasteiger partial charge in [0.15, 0.2) is 6.61 Å². The number of hydrogen-bond donors (Lipinski definition) is 0. The number of likely N-dealkylation sites (N-methyl/N-ethyl adjacent to an activating group) is 1. The molecule has 0 radical (unpaired) electrons. The van der Waals surface area contributed by atoms with Crippen LogP contribution in [0.25, 0.3) is 0 Å². The maximum absolute atomic E-state index is 13.2. The van der Waals surface area contributed by atoms with Crippen molar-refractivity contribution in [1.82, 2.24) is 19.6 Å². The Kier molecular flexibility index (Phi) is 7.45. The van der Waals surface area contributed by atoms with Gasteiger partial charge < -0.3 is 14.5 Å². The summed E-state index contributed by atoms with van der Waals surface area (Å²) in [4.78, 5) is 30.0. The molecule has 2 aliphatic heterocycles. The third-order valence-corrected chi connectivity index (χ3v) is 6.81. The van der Waals surface area contributed by atoms with Crippen molar-refractivity contribution >= 4 is 11.8 Å². The summed E-state index contributed by atoms with van der Waals surface area (Å²) < 4.78 is 7.77. The fourth-order valence-electron chi connectivity index (χ4n) is 5.06. The van der Waals surface area contributed by atoms with Gasteiger partial charge in [-0.05, 0) is 56.2 Å². The minimum absolute atomic E-state index is 0.0247. The average Bonchev–Trinajstić information content (AvgIpc) is 3.33. The van der Waals surface area contributed by atoms with Gasteiger partial charge in [0.1, 0.15) is 5.75 Å². The van der Waals surface area contributed by atoms with E-state index in [-0.39, 0.29) is 30.5 Å². The summed E-state index contributed by atoms with van der Waals surface area (Å²) in [6.07, 6.45) is 10.7. The van der Waals surface area contributed by atoms with Gasteiger partial charge in [-0.25, -0.2) is 0 Å². The molecule has 2 amide bonds. The van der Waals surface area contributed by atoms with E-state index in [0.717, 1.165) is 69.3 Å². The lowest BCUT2D eigenvalue weighted by molar-refractivity contribution is -0.144. The first-order chi connectivity index (χ1) is 15.6. The van der Waals surface area contributed by atoms with E-state index in [9.17, 15) is 9.59 Å². The highest BCUT2D eigenvalue weighted by molar-refractivity contribution is 5.79. The third-order valence-electron chi connectivity index (χ3n) is 6.81. The molecule has 0 bridgehead atoms. The maximum Gasteiger partial charge on any atom is 0.260 e. The standard InChI is InChI=1S/C25H34N4O3/c1-27-21-12-6-18-29(24(30)14-7-16-28-17-8-15-26-28)22(21)11-4-2-9-20-10-3-5-13-23(20)32-19-25(27)31/h3,5,8,10,13,15,17,21-22H,2,4,6-7,9,11-12,14,16,18-19H2,1H3/t21-,22-/m1/s1. The Morgan fingerprint density at radius 3 is 2.81 bits per heavy atom. The first-order valence-corrected chi connectivity index (χ1v) is 11.9. The summed E-state index contributed by atoms with van der Waals surface area (Å²) in [6.45, 7) is 1.56. The zero-order chi connectivity index (χ0) is 22.3. The van der Waals surface area contributed by atoms with Gasteiger partial charge in [0.25, 0.3) is 5.91 Å². The van der Waals surface area contributed by atoms with E-state index in [1.54, 1.807) is 6.20 Å². The molecule has 0 N–H and O–H groups in total. The van der Waals surface area contributed by atoms with Gasteiger partial charge in [-0.2, -0.15) is 5.10 Å². The molecule has 172 valence electrons. The predicted molar refractivity (Wildman–Crippen MR) is 122 cm³/mol. The number of carbonyl (C=O) groups excluding carboxylic acids is 2. The molecule has 1 fully saturated rings. The van der Waals surface area contributed by atoms with Crippen LogP contribution >= 0.6 is 0 Å². The van der Waals surface area contributed by atoms with Crippen LogP contribution in [0.1, 0.15) is 50.5 Å². The highest BCUT2D eigenvalue weighted by atomic mass is 16.5. The molecule has 4 rings (SSSR count). The molecule has 1 aromatic heterocycles. The van der Waals surface area contributed by atoms with Crippen molar-refractivity contribution in [2.75, 3.05) is 20.2 Å². The lowest BCUT2D eigenvalue weighted by Gasteiger charge is -2.45. The van der Waals surface area contributed by atoms with Crippen molar-refractivity contribution in [2.24, 2.45) is 0 Å². The van der Waals surface area contributed by atoms with Crippen LogP contribution < -0.4 is 4.74 Å². The Morgan fingerprint density at radius 2 is 1.97 bits per heavy atom. The van der Waals surface area contributed by atoms with Gasteiger partial charge in [0.2, 0.25) is 5.91 Å². The molecule has 32 heavy (non-hydrogen) atoms. The Hall–Kier alpha value is -2.83. The molecule has 0 saturated carbocycles. The van der Waals surface area contributed by atoms with Crippen molar-refractivity contribution in [3.63, 3.8) is 0 Å². The van der Waals surface area contributed by atoms with Crippen LogP contribution in [0.4, 0.5) is 0 Å². The molecule has 0 aliphatic carbocycles. The fourth-order valence-corrected chi connectivity index (χ4v) is 5.06. The second-order valence-electron chi connectivity index (χ2n) is 8.88. The number of rotatable bonds is 4. The summed E-state index contributed by atoms with van der Waals surface area (Å²) in [5.74, 6) is 0.980. The Labute approximate surface area is 190 Å². The van der Waals surface area contributed by atoms with E-state index < -0.39 is 0 Å². The van der Waals surface area contributed by atoms with E-state index in [2.05, 4.69) is 16.1 Å². The molecule has 2 aliphatic rings. The molecule has 1 aromatic carbocycles. The largest absolute Gasteiger partial charge is 0.483 e. The molecule has 0 spiro atoms. The first-order valence-electron chi connectivity index (χ1n) is 11.9. The number of fused-ring (bicyclic) bond motifs is 2. The number of amides is 2. The molecule has 7 heteroatoms. The smallest absolute Gasteiger partial charge is 0.260 e. The number of para-hydroxylation sites is 1. The van der Waals surface area contributed by atoms with Crippen LogP contribution in [-0.2, 0) is 22.6 Å². The van der Waals surface area contributed by atoms with Gasteiger partial charge in [-0.1, -0.05) is 24.6 Å². The van der Waals surface area contributed by atoms with Gasteiger partial charge in [0.05, 0.1) is 12.1 Å². The molecule has 0 unspecified atom stereocenters. The van der Waals surface area contributed by atoms with Crippen LogP contribution in [0.3, 0.4) is 0 Å². The van der Waals surface area contributed by atoms with E-state index in [1.165, 1.54) is 0 Å². The van der Waals surface area contributed by atoms with Crippen LogP contribution in [0.2, 0.25) is 0 Å². The lowest BCUT2D eigenvalue weighted by atomic mass is 9.89. The van der Waals surface area contributed by atoms with E-state index in [4.69, 9.17) is 4.74 Å². The SMILES string of the molecule is CN1C(=O)COc2ccccc2CCCC[C@@H]2[C@H]1CCCN2C(=O)CCCn1cccn1. The minimum Gasteiger partial charge on any atom is -0.483 e. The number of ether oxygens (including phenoxy) is 1. The van der Waals surface area contributed by atoms with Crippen molar-refractivity contribution in [2.45, 2.75) is 70.0 Å². The second-order valence-corrected chi connectivity index (χ2v) is 8.88. The summed E-state index contributed by atoms with van der Waals surface area (Å²) in [7, 11) is 1.87. The topological polar surface area (TPSA) is 67.7 Å². The average molecular weight is 439 g/mol. The van der Waals surface area contributed by atoms with Crippen molar-refractivity contribution in [3.8, 4) is 5.75 Å².